The lowest BCUT2D eigenvalue weighted by molar-refractivity contribution is -0.117. The predicted octanol–water partition coefficient (Wildman–Crippen LogP) is 1.20. The minimum Gasteiger partial charge on any atom is -0.493 e. The average molecular weight is 306 g/mol. The van der Waals surface area contributed by atoms with Gasteiger partial charge < -0.3 is 24.8 Å². The van der Waals surface area contributed by atoms with E-state index in [0.29, 0.717) is 17.2 Å². The maximum Gasteiger partial charge on any atom is 0.244 e. The van der Waals surface area contributed by atoms with Gasteiger partial charge in [0.05, 0.1) is 21.3 Å². The summed E-state index contributed by atoms with van der Waals surface area (Å²) in [7, 11) is 4.67. The summed E-state index contributed by atoms with van der Waals surface area (Å²) < 4.78 is 15.8. The Morgan fingerprint density at radius 3 is 2.41 bits per heavy atom. The Bertz CT molecular complexity index is 526. The van der Waals surface area contributed by atoms with Crippen molar-refractivity contribution in [1.29, 1.82) is 0 Å². The van der Waals surface area contributed by atoms with Gasteiger partial charge in [-0.3, -0.25) is 4.79 Å². The van der Waals surface area contributed by atoms with E-state index in [1.165, 1.54) is 6.08 Å². The third kappa shape index (κ3) is 3.92. The molecule has 120 valence electrons. The van der Waals surface area contributed by atoms with Gasteiger partial charge in [-0.1, -0.05) is 0 Å². The molecule has 0 aromatic heterocycles. The van der Waals surface area contributed by atoms with Crippen LogP contribution in [-0.4, -0.2) is 46.4 Å². The third-order valence-corrected chi connectivity index (χ3v) is 3.52. The van der Waals surface area contributed by atoms with Gasteiger partial charge in [-0.05, 0) is 36.7 Å². The van der Waals surface area contributed by atoms with E-state index < -0.39 is 0 Å². The summed E-state index contributed by atoms with van der Waals surface area (Å²) in [5.74, 6) is 1.54. The molecule has 22 heavy (non-hydrogen) atoms. The van der Waals surface area contributed by atoms with Gasteiger partial charge in [-0.15, -0.1) is 0 Å². The van der Waals surface area contributed by atoms with Crippen LogP contribution in [0.5, 0.6) is 17.2 Å². The second kappa shape index (κ2) is 7.70. The highest BCUT2D eigenvalue weighted by Gasteiger charge is 2.15. The highest BCUT2D eigenvalue weighted by molar-refractivity contribution is 5.92. The monoisotopic (exact) mass is 306 g/mol. The fourth-order valence-electron chi connectivity index (χ4n) is 2.40. The third-order valence-electron chi connectivity index (χ3n) is 3.52. The van der Waals surface area contributed by atoms with E-state index in [9.17, 15) is 4.79 Å². The maximum absolute atomic E-state index is 11.9. The molecule has 0 radical (unpaired) electrons. The van der Waals surface area contributed by atoms with Crippen molar-refractivity contribution in [2.45, 2.75) is 12.5 Å². The van der Waals surface area contributed by atoms with Crippen molar-refractivity contribution in [2.24, 2.45) is 0 Å². The van der Waals surface area contributed by atoms with Gasteiger partial charge in [0.2, 0.25) is 11.7 Å². The van der Waals surface area contributed by atoms with E-state index in [2.05, 4.69) is 10.6 Å². The molecule has 0 bridgehead atoms. The SMILES string of the molecule is COc1cc(/C=C/C(=O)NC2CCNC2)cc(OC)c1OC. The molecule has 6 heteroatoms. The van der Waals surface area contributed by atoms with E-state index in [1.807, 2.05) is 0 Å². The average Bonchev–Trinajstić information content (AvgIpc) is 3.04. The highest BCUT2D eigenvalue weighted by Crippen LogP contribution is 2.38. The topological polar surface area (TPSA) is 68.8 Å². The molecule has 6 nitrogen and oxygen atoms in total. The van der Waals surface area contributed by atoms with Crippen LogP contribution in [-0.2, 0) is 4.79 Å². The first-order valence-corrected chi connectivity index (χ1v) is 7.17. The van der Waals surface area contributed by atoms with Crippen LogP contribution in [0.3, 0.4) is 0 Å². The molecule has 1 aromatic rings. The van der Waals surface area contributed by atoms with Crippen molar-refractivity contribution < 1.29 is 19.0 Å². The molecule has 1 heterocycles. The molecule has 0 saturated carbocycles. The lowest BCUT2D eigenvalue weighted by Gasteiger charge is -2.13. The van der Waals surface area contributed by atoms with Crippen molar-refractivity contribution in [3.8, 4) is 17.2 Å². The van der Waals surface area contributed by atoms with Crippen molar-refractivity contribution in [2.75, 3.05) is 34.4 Å². The first-order chi connectivity index (χ1) is 10.7. The highest BCUT2D eigenvalue weighted by atomic mass is 16.5. The second-order valence-corrected chi connectivity index (χ2v) is 4.99. The number of carbonyl (C=O) groups excluding carboxylic acids is 1. The van der Waals surface area contributed by atoms with Gasteiger partial charge in [0.25, 0.3) is 0 Å². The van der Waals surface area contributed by atoms with E-state index in [-0.39, 0.29) is 11.9 Å². The number of amides is 1. The number of rotatable bonds is 6. The molecule has 1 unspecified atom stereocenters. The second-order valence-electron chi connectivity index (χ2n) is 4.99. The summed E-state index contributed by atoms with van der Waals surface area (Å²) in [5.41, 5.74) is 0.800. The largest absolute Gasteiger partial charge is 0.493 e. The van der Waals surface area contributed by atoms with E-state index in [1.54, 1.807) is 39.5 Å². The normalized spacial score (nSPS) is 17.5. The Labute approximate surface area is 130 Å². The summed E-state index contributed by atoms with van der Waals surface area (Å²) >= 11 is 0. The van der Waals surface area contributed by atoms with Crippen LogP contribution in [0.15, 0.2) is 18.2 Å². The summed E-state index contributed by atoms with van der Waals surface area (Å²) in [6.45, 7) is 1.77. The molecule has 1 fully saturated rings. The Morgan fingerprint density at radius 2 is 1.91 bits per heavy atom. The van der Waals surface area contributed by atoms with E-state index >= 15 is 0 Å². The summed E-state index contributed by atoms with van der Waals surface area (Å²) in [6, 6.07) is 3.79. The molecule has 2 rings (SSSR count). The molecule has 1 atom stereocenters. The molecule has 1 amide bonds. The van der Waals surface area contributed by atoms with Crippen molar-refractivity contribution in [1.82, 2.24) is 10.6 Å². The molecular weight excluding hydrogens is 284 g/mol. The molecule has 0 spiro atoms. The standard InChI is InChI=1S/C16H22N2O4/c1-20-13-8-11(9-14(21-2)16(13)22-3)4-5-15(19)18-12-6-7-17-10-12/h4-5,8-9,12,17H,6-7,10H2,1-3H3,(H,18,19)/b5-4+. The number of benzene rings is 1. The summed E-state index contributed by atoms with van der Waals surface area (Å²) in [5, 5.41) is 6.16. The summed E-state index contributed by atoms with van der Waals surface area (Å²) in [4.78, 5) is 11.9. The lowest BCUT2D eigenvalue weighted by atomic mass is 10.1. The zero-order chi connectivity index (χ0) is 15.9. The summed E-state index contributed by atoms with van der Waals surface area (Å²) in [6.07, 6.45) is 4.20. The minimum atomic E-state index is -0.109. The number of hydrogen-bond donors (Lipinski definition) is 2. The Hall–Kier alpha value is -2.21. The Balaban J connectivity index is 2.10. The maximum atomic E-state index is 11.9. The van der Waals surface area contributed by atoms with E-state index in [4.69, 9.17) is 14.2 Å². The van der Waals surface area contributed by atoms with E-state index in [0.717, 1.165) is 25.1 Å². The fourth-order valence-corrected chi connectivity index (χ4v) is 2.40. The number of methoxy groups -OCH3 is 3. The van der Waals surface area contributed by atoms with Gasteiger partial charge >= 0.3 is 0 Å². The number of ether oxygens (including phenoxy) is 3. The lowest BCUT2D eigenvalue weighted by Crippen LogP contribution is -2.34. The van der Waals surface area contributed by atoms with Crippen LogP contribution in [0.2, 0.25) is 0 Å². The smallest absolute Gasteiger partial charge is 0.244 e. The van der Waals surface area contributed by atoms with Gasteiger partial charge in [-0.25, -0.2) is 0 Å². The zero-order valence-electron chi connectivity index (χ0n) is 13.1. The van der Waals surface area contributed by atoms with Crippen molar-refractivity contribution in [3.63, 3.8) is 0 Å². The molecular formula is C16H22N2O4. The molecule has 1 aliphatic rings. The van der Waals surface area contributed by atoms with Crippen LogP contribution in [0.1, 0.15) is 12.0 Å². The van der Waals surface area contributed by atoms with Crippen molar-refractivity contribution >= 4 is 12.0 Å². The molecule has 1 aliphatic heterocycles. The van der Waals surface area contributed by atoms with Crippen molar-refractivity contribution in [3.05, 3.63) is 23.8 Å². The van der Waals surface area contributed by atoms with Gasteiger partial charge in [0.1, 0.15) is 0 Å². The fraction of sp³-hybridized carbons (Fsp3) is 0.438. The van der Waals surface area contributed by atoms with Gasteiger partial charge in [0.15, 0.2) is 11.5 Å². The molecule has 2 N–H and O–H groups in total. The Kier molecular flexibility index (Phi) is 5.66. The van der Waals surface area contributed by atoms with Gasteiger partial charge in [0, 0.05) is 18.7 Å². The molecule has 1 aromatic carbocycles. The quantitative estimate of drug-likeness (QED) is 0.773. The van der Waals surface area contributed by atoms with Crippen LogP contribution in [0.25, 0.3) is 6.08 Å². The number of nitrogens with one attached hydrogen (secondary N) is 2. The Morgan fingerprint density at radius 1 is 1.23 bits per heavy atom. The van der Waals surface area contributed by atoms with Gasteiger partial charge in [-0.2, -0.15) is 0 Å². The van der Waals surface area contributed by atoms with Crippen LogP contribution in [0.4, 0.5) is 0 Å². The zero-order valence-corrected chi connectivity index (χ0v) is 13.1. The van der Waals surface area contributed by atoms with Crippen LogP contribution >= 0.6 is 0 Å². The van der Waals surface area contributed by atoms with Crippen LogP contribution in [0, 0.1) is 0 Å². The first-order valence-electron chi connectivity index (χ1n) is 7.17. The predicted molar refractivity (Wildman–Crippen MR) is 84.5 cm³/mol. The first kappa shape index (κ1) is 16.2. The number of hydrogen-bond acceptors (Lipinski definition) is 5. The minimum absolute atomic E-state index is 0.109. The molecule has 1 saturated heterocycles. The van der Waals surface area contributed by atoms with Crippen LogP contribution < -0.4 is 24.8 Å². The number of carbonyl (C=O) groups is 1. The molecule has 0 aliphatic carbocycles.